The Balaban J connectivity index is 1.95. The van der Waals surface area contributed by atoms with E-state index in [0.717, 1.165) is 37.3 Å². The van der Waals surface area contributed by atoms with Gasteiger partial charge in [0.1, 0.15) is 0 Å². The van der Waals surface area contributed by atoms with E-state index in [1.54, 1.807) is 0 Å². The van der Waals surface area contributed by atoms with Crippen LogP contribution in [0.2, 0.25) is 0 Å². The van der Waals surface area contributed by atoms with Crippen molar-refractivity contribution in [2.45, 2.75) is 40.0 Å². The van der Waals surface area contributed by atoms with E-state index < -0.39 is 0 Å². The molecule has 0 atom stereocenters. The molecule has 0 spiro atoms. The van der Waals surface area contributed by atoms with Crippen LogP contribution >= 0.6 is 0 Å². The SMILES string of the molecule is CCCN(CCC)c1ccc(NC(=O)Cc2ccc(C)cc2)nn1. The van der Waals surface area contributed by atoms with Crippen LogP contribution in [0.15, 0.2) is 36.4 Å². The number of carbonyl (C=O) groups excluding carboxylic acids is 1. The van der Waals surface area contributed by atoms with Crippen molar-refractivity contribution in [1.29, 1.82) is 0 Å². The van der Waals surface area contributed by atoms with Gasteiger partial charge >= 0.3 is 0 Å². The molecule has 1 amide bonds. The van der Waals surface area contributed by atoms with E-state index in [2.05, 4.69) is 34.3 Å². The molecule has 1 aromatic carbocycles. The van der Waals surface area contributed by atoms with Crippen LogP contribution in [-0.4, -0.2) is 29.2 Å². The highest BCUT2D eigenvalue weighted by Gasteiger charge is 2.09. The fourth-order valence-electron chi connectivity index (χ4n) is 2.52. The fourth-order valence-corrected chi connectivity index (χ4v) is 2.52. The number of rotatable bonds is 8. The Labute approximate surface area is 144 Å². The van der Waals surface area contributed by atoms with E-state index in [1.807, 2.05) is 43.3 Å². The molecular formula is C19H26N4O. The molecule has 24 heavy (non-hydrogen) atoms. The maximum absolute atomic E-state index is 12.1. The highest BCUT2D eigenvalue weighted by Crippen LogP contribution is 2.13. The molecule has 0 saturated carbocycles. The summed E-state index contributed by atoms with van der Waals surface area (Å²) >= 11 is 0. The number of nitrogens with one attached hydrogen (secondary N) is 1. The van der Waals surface area contributed by atoms with E-state index in [4.69, 9.17) is 0 Å². The average molecular weight is 326 g/mol. The maximum atomic E-state index is 12.1. The Morgan fingerprint density at radius 1 is 1.00 bits per heavy atom. The van der Waals surface area contributed by atoms with Crippen LogP contribution in [0, 0.1) is 6.92 Å². The van der Waals surface area contributed by atoms with Gasteiger partial charge < -0.3 is 10.2 Å². The first-order valence-corrected chi connectivity index (χ1v) is 8.56. The minimum absolute atomic E-state index is 0.0834. The summed E-state index contributed by atoms with van der Waals surface area (Å²) in [7, 11) is 0. The number of hydrogen-bond donors (Lipinski definition) is 1. The molecule has 0 radical (unpaired) electrons. The normalized spacial score (nSPS) is 10.5. The van der Waals surface area contributed by atoms with E-state index in [1.165, 1.54) is 5.56 Å². The lowest BCUT2D eigenvalue weighted by atomic mass is 10.1. The predicted molar refractivity (Wildman–Crippen MR) is 98.3 cm³/mol. The topological polar surface area (TPSA) is 58.1 Å². The first-order valence-electron chi connectivity index (χ1n) is 8.56. The molecule has 128 valence electrons. The van der Waals surface area contributed by atoms with E-state index in [-0.39, 0.29) is 5.91 Å². The van der Waals surface area contributed by atoms with Gasteiger partial charge in [-0.15, -0.1) is 10.2 Å². The number of aryl methyl sites for hydroxylation is 1. The minimum Gasteiger partial charge on any atom is -0.355 e. The first kappa shape index (κ1) is 17.9. The van der Waals surface area contributed by atoms with Crippen LogP contribution in [0.3, 0.4) is 0 Å². The third kappa shape index (κ3) is 5.33. The van der Waals surface area contributed by atoms with Gasteiger partial charge in [-0.25, -0.2) is 0 Å². The summed E-state index contributed by atoms with van der Waals surface area (Å²) in [4.78, 5) is 14.3. The van der Waals surface area contributed by atoms with Crippen LogP contribution in [0.4, 0.5) is 11.6 Å². The largest absolute Gasteiger partial charge is 0.355 e. The lowest BCUT2D eigenvalue weighted by Gasteiger charge is -2.21. The van der Waals surface area contributed by atoms with Crippen molar-refractivity contribution in [3.05, 3.63) is 47.5 Å². The van der Waals surface area contributed by atoms with Gasteiger partial charge in [-0.05, 0) is 37.5 Å². The highest BCUT2D eigenvalue weighted by molar-refractivity contribution is 5.91. The average Bonchev–Trinajstić information content (AvgIpc) is 2.57. The number of aromatic nitrogens is 2. The van der Waals surface area contributed by atoms with Crippen molar-refractivity contribution in [3.63, 3.8) is 0 Å². The Kier molecular flexibility index (Phi) is 6.73. The highest BCUT2D eigenvalue weighted by atomic mass is 16.1. The zero-order valence-electron chi connectivity index (χ0n) is 14.7. The molecule has 1 aromatic heterocycles. The molecule has 0 bridgehead atoms. The van der Waals surface area contributed by atoms with Crippen molar-refractivity contribution in [2.24, 2.45) is 0 Å². The van der Waals surface area contributed by atoms with Crippen LogP contribution in [0.1, 0.15) is 37.8 Å². The van der Waals surface area contributed by atoms with Gasteiger partial charge in [0, 0.05) is 13.1 Å². The molecule has 0 aliphatic rings. The van der Waals surface area contributed by atoms with Crippen LogP contribution < -0.4 is 10.2 Å². The van der Waals surface area contributed by atoms with Crippen molar-refractivity contribution < 1.29 is 4.79 Å². The molecule has 2 rings (SSSR count). The monoisotopic (exact) mass is 326 g/mol. The van der Waals surface area contributed by atoms with Gasteiger partial charge in [-0.2, -0.15) is 0 Å². The summed E-state index contributed by atoms with van der Waals surface area (Å²) in [5.74, 6) is 1.26. The standard InChI is InChI=1S/C19H26N4O/c1-4-12-23(13-5-2)18-11-10-17(21-22-18)20-19(24)14-16-8-6-15(3)7-9-16/h6-11H,4-5,12-14H2,1-3H3,(H,20,21,24). The Morgan fingerprint density at radius 3 is 2.21 bits per heavy atom. The molecule has 0 aliphatic heterocycles. The number of anilines is 2. The second kappa shape index (κ2) is 9.01. The molecule has 5 heteroatoms. The number of hydrogen-bond acceptors (Lipinski definition) is 4. The van der Waals surface area contributed by atoms with Gasteiger partial charge in [0.25, 0.3) is 0 Å². The van der Waals surface area contributed by atoms with Crippen LogP contribution in [0.5, 0.6) is 0 Å². The van der Waals surface area contributed by atoms with E-state index in [9.17, 15) is 4.79 Å². The minimum atomic E-state index is -0.0834. The molecule has 0 saturated heterocycles. The molecule has 0 aliphatic carbocycles. The van der Waals surface area contributed by atoms with Crippen LogP contribution in [0.25, 0.3) is 0 Å². The van der Waals surface area contributed by atoms with Crippen molar-refractivity contribution in [3.8, 4) is 0 Å². The first-order chi connectivity index (χ1) is 11.6. The van der Waals surface area contributed by atoms with Crippen molar-refractivity contribution in [2.75, 3.05) is 23.3 Å². The van der Waals surface area contributed by atoms with Gasteiger partial charge in [0.05, 0.1) is 6.42 Å². The van der Waals surface area contributed by atoms with Gasteiger partial charge in [0.2, 0.25) is 5.91 Å². The summed E-state index contributed by atoms with van der Waals surface area (Å²) in [6, 6.07) is 11.7. The third-order valence-electron chi connectivity index (χ3n) is 3.71. The van der Waals surface area contributed by atoms with E-state index in [0.29, 0.717) is 12.2 Å². The number of nitrogens with zero attached hydrogens (tertiary/aromatic N) is 3. The summed E-state index contributed by atoms with van der Waals surface area (Å²) in [6.07, 6.45) is 2.47. The quantitative estimate of drug-likeness (QED) is 0.805. The van der Waals surface area contributed by atoms with Gasteiger partial charge in [-0.1, -0.05) is 43.7 Å². The third-order valence-corrected chi connectivity index (χ3v) is 3.71. The fraction of sp³-hybridized carbons (Fsp3) is 0.421. The smallest absolute Gasteiger partial charge is 0.229 e. The molecule has 5 nitrogen and oxygen atoms in total. The van der Waals surface area contributed by atoms with Crippen LogP contribution in [-0.2, 0) is 11.2 Å². The second-order valence-electron chi connectivity index (χ2n) is 5.97. The lowest BCUT2D eigenvalue weighted by Crippen LogP contribution is -2.26. The molecular weight excluding hydrogens is 300 g/mol. The Hall–Kier alpha value is -2.43. The number of amides is 1. The van der Waals surface area contributed by atoms with E-state index >= 15 is 0 Å². The lowest BCUT2D eigenvalue weighted by molar-refractivity contribution is -0.115. The van der Waals surface area contributed by atoms with Crippen molar-refractivity contribution >= 4 is 17.5 Å². The summed E-state index contributed by atoms with van der Waals surface area (Å²) < 4.78 is 0. The second-order valence-corrected chi connectivity index (χ2v) is 5.97. The molecule has 1 N–H and O–H groups in total. The molecule has 1 heterocycles. The molecule has 2 aromatic rings. The zero-order valence-corrected chi connectivity index (χ0v) is 14.7. The van der Waals surface area contributed by atoms with Crippen molar-refractivity contribution in [1.82, 2.24) is 10.2 Å². The predicted octanol–water partition coefficient (Wildman–Crippen LogP) is 3.59. The molecule has 0 unspecified atom stereocenters. The van der Waals surface area contributed by atoms with Gasteiger partial charge in [0.15, 0.2) is 11.6 Å². The molecule has 0 fully saturated rings. The maximum Gasteiger partial charge on any atom is 0.229 e. The summed E-state index contributed by atoms with van der Waals surface area (Å²) in [5.41, 5.74) is 2.17. The Bertz CT molecular complexity index is 631. The summed E-state index contributed by atoms with van der Waals surface area (Å²) in [6.45, 7) is 8.25. The van der Waals surface area contributed by atoms with Gasteiger partial charge in [-0.3, -0.25) is 4.79 Å². The number of carbonyl (C=O) groups is 1. The zero-order chi connectivity index (χ0) is 17.4. The summed E-state index contributed by atoms with van der Waals surface area (Å²) in [5, 5.41) is 11.2. The number of benzene rings is 1. The Morgan fingerprint density at radius 2 is 1.67 bits per heavy atom.